The Kier molecular flexibility index (Phi) is 4.93. The number of likely N-dealkylation sites (tertiary alicyclic amines) is 1. The molecule has 4 rings (SSSR count). The lowest BCUT2D eigenvalue weighted by atomic mass is 9.89. The van der Waals surface area contributed by atoms with Gasteiger partial charge in [-0.1, -0.05) is 12.1 Å². The fraction of sp³-hybridized carbons (Fsp3) is 0.300. The number of aromatic nitrogens is 4. The molecule has 0 aliphatic carbocycles. The molecule has 7 heteroatoms. The van der Waals surface area contributed by atoms with E-state index in [2.05, 4.69) is 15.2 Å². The number of carbonyl (C=O) groups is 1. The molecule has 1 saturated heterocycles. The number of rotatable bonds is 4. The molecule has 2 aromatic heterocycles. The summed E-state index contributed by atoms with van der Waals surface area (Å²) in [7, 11) is 0. The molecule has 1 atom stereocenters. The Morgan fingerprint density at radius 1 is 1.07 bits per heavy atom. The molecule has 27 heavy (non-hydrogen) atoms. The second-order valence-electron chi connectivity index (χ2n) is 6.75. The van der Waals surface area contributed by atoms with Crippen LogP contribution < -0.4 is 0 Å². The first kappa shape index (κ1) is 17.4. The minimum Gasteiger partial charge on any atom is -0.387 e. The highest BCUT2D eigenvalue weighted by molar-refractivity contribution is 5.94. The molecule has 7 nitrogen and oxygen atoms in total. The average molecular weight is 363 g/mol. The topological polar surface area (TPSA) is 84.1 Å². The molecule has 0 bridgehead atoms. The van der Waals surface area contributed by atoms with Gasteiger partial charge in [0.05, 0.1) is 11.8 Å². The lowest BCUT2D eigenvalue weighted by molar-refractivity contribution is 0.0447. The molecule has 138 valence electrons. The molecular formula is C20H21N5O2. The van der Waals surface area contributed by atoms with Crippen LogP contribution in [0.4, 0.5) is 0 Å². The van der Waals surface area contributed by atoms with Crippen LogP contribution in [0.5, 0.6) is 0 Å². The number of aliphatic hydroxyl groups excluding tert-OH is 1. The summed E-state index contributed by atoms with van der Waals surface area (Å²) in [4.78, 5) is 19.0. The van der Waals surface area contributed by atoms with Crippen molar-refractivity contribution in [3.63, 3.8) is 0 Å². The van der Waals surface area contributed by atoms with Gasteiger partial charge in [0.25, 0.3) is 5.91 Å². The summed E-state index contributed by atoms with van der Waals surface area (Å²) < 4.78 is 1.77. The van der Waals surface area contributed by atoms with Gasteiger partial charge in [-0.15, -0.1) is 10.2 Å². The molecule has 3 heterocycles. The maximum atomic E-state index is 12.9. The first-order chi connectivity index (χ1) is 13.2. The number of aliphatic hydroxyl groups is 1. The van der Waals surface area contributed by atoms with Crippen LogP contribution in [-0.4, -0.2) is 48.8 Å². The fourth-order valence-electron chi connectivity index (χ4n) is 3.53. The smallest absolute Gasteiger partial charge is 0.253 e. The first-order valence-electron chi connectivity index (χ1n) is 9.06. The van der Waals surface area contributed by atoms with E-state index in [0.29, 0.717) is 24.3 Å². The van der Waals surface area contributed by atoms with Crippen LogP contribution in [0, 0.1) is 5.92 Å². The Morgan fingerprint density at radius 3 is 2.56 bits per heavy atom. The van der Waals surface area contributed by atoms with Crippen LogP contribution in [0.15, 0.2) is 61.3 Å². The molecule has 0 unspecified atom stereocenters. The summed E-state index contributed by atoms with van der Waals surface area (Å²) in [5, 5.41) is 18.2. The van der Waals surface area contributed by atoms with Crippen LogP contribution in [0.3, 0.4) is 0 Å². The summed E-state index contributed by atoms with van der Waals surface area (Å²) in [5.41, 5.74) is 2.19. The van der Waals surface area contributed by atoms with E-state index in [1.807, 2.05) is 47.4 Å². The van der Waals surface area contributed by atoms with Crippen molar-refractivity contribution in [1.29, 1.82) is 0 Å². The third-order valence-corrected chi connectivity index (χ3v) is 5.07. The molecule has 1 aromatic carbocycles. The van der Waals surface area contributed by atoms with Crippen LogP contribution >= 0.6 is 0 Å². The highest BCUT2D eigenvalue weighted by atomic mass is 16.3. The third-order valence-electron chi connectivity index (χ3n) is 5.07. The van der Waals surface area contributed by atoms with Gasteiger partial charge in [0.2, 0.25) is 0 Å². The monoisotopic (exact) mass is 363 g/mol. The van der Waals surface area contributed by atoms with Crippen molar-refractivity contribution < 1.29 is 9.90 Å². The Hall–Kier alpha value is -3.06. The van der Waals surface area contributed by atoms with E-state index in [4.69, 9.17) is 0 Å². The van der Waals surface area contributed by atoms with Crippen molar-refractivity contribution in [2.24, 2.45) is 5.92 Å². The summed E-state index contributed by atoms with van der Waals surface area (Å²) in [5.74, 6) is 0.128. The Labute approximate surface area is 157 Å². The summed E-state index contributed by atoms with van der Waals surface area (Å²) >= 11 is 0. The van der Waals surface area contributed by atoms with Crippen molar-refractivity contribution in [3.05, 3.63) is 72.6 Å². The molecule has 1 aliphatic heterocycles. The standard InChI is InChI=1S/C20H21N5O2/c26-19(18-6-1-2-9-21-18)15-7-10-24(11-8-15)20(27)16-4-3-5-17(12-16)25-13-22-23-14-25/h1-6,9,12-15,19,26H,7-8,10-11H2/t19-/m1/s1. The number of carbonyl (C=O) groups excluding carboxylic acids is 1. The summed E-state index contributed by atoms with van der Waals surface area (Å²) in [6.07, 6.45) is 5.84. The predicted octanol–water partition coefficient (Wildman–Crippen LogP) is 2.25. The number of pyridine rings is 1. The summed E-state index contributed by atoms with van der Waals surface area (Å²) in [6.45, 7) is 1.26. The largest absolute Gasteiger partial charge is 0.387 e. The van der Waals surface area contributed by atoms with Gasteiger partial charge in [-0.3, -0.25) is 14.3 Å². The van der Waals surface area contributed by atoms with E-state index >= 15 is 0 Å². The van der Waals surface area contributed by atoms with E-state index in [0.717, 1.165) is 18.5 Å². The van der Waals surface area contributed by atoms with Crippen LogP contribution in [0.25, 0.3) is 5.69 Å². The maximum absolute atomic E-state index is 12.9. The molecule has 0 spiro atoms. The molecular weight excluding hydrogens is 342 g/mol. The van der Waals surface area contributed by atoms with Gasteiger partial charge >= 0.3 is 0 Å². The zero-order valence-corrected chi connectivity index (χ0v) is 14.8. The van der Waals surface area contributed by atoms with Gasteiger partial charge in [-0.25, -0.2) is 0 Å². The average Bonchev–Trinajstić information content (AvgIpc) is 3.29. The SMILES string of the molecule is O=C(c1cccc(-n2cnnc2)c1)N1CCC([C@@H](O)c2ccccn2)CC1. The zero-order valence-electron chi connectivity index (χ0n) is 14.8. The Bertz CT molecular complexity index is 890. The molecule has 0 radical (unpaired) electrons. The van der Waals surface area contributed by atoms with Gasteiger partial charge in [0.15, 0.2) is 0 Å². The first-order valence-corrected chi connectivity index (χ1v) is 9.06. The molecule has 1 amide bonds. The van der Waals surface area contributed by atoms with Crippen molar-refractivity contribution in [1.82, 2.24) is 24.6 Å². The predicted molar refractivity (Wildman–Crippen MR) is 99.2 cm³/mol. The van der Waals surface area contributed by atoms with E-state index in [1.165, 1.54) is 0 Å². The van der Waals surface area contributed by atoms with Crippen molar-refractivity contribution >= 4 is 5.91 Å². The minimum absolute atomic E-state index is 0.00991. The van der Waals surface area contributed by atoms with Crippen LogP contribution in [0.1, 0.15) is 35.0 Å². The van der Waals surface area contributed by atoms with Crippen LogP contribution in [-0.2, 0) is 0 Å². The quantitative estimate of drug-likeness (QED) is 0.769. The van der Waals surface area contributed by atoms with Crippen molar-refractivity contribution in [2.75, 3.05) is 13.1 Å². The third kappa shape index (κ3) is 3.73. The van der Waals surface area contributed by atoms with E-state index in [1.54, 1.807) is 23.4 Å². The zero-order chi connectivity index (χ0) is 18.6. The van der Waals surface area contributed by atoms with Gasteiger partial charge in [-0.2, -0.15) is 0 Å². The molecule has 0 saturated carbocycles. The molecule has 1 fully saturated rings. The van der Waals surface area contributed by atoms with E-state index in [9.17, 15) is 9.90 Å². The number of hydrogen-bond acceptors (Lipinski definition) is 5. The van der Waals surface area contributed by atoms with Gasteiger partial charge in [-0.05, 0) is 49.1 Å². The van der Waals surface area contributed by atoms with E-state index in [-0.39, 0.29) is 11.8 Å². The minimum atomic E-state index is -0.583. The number of hydrogen-bond donors (Lipinski definition) is 1. The highest BCUT2D eigenvalue weighted by Crippen LogP contribution is 2.30. The molecule has 1 N–H and O–H groups in total. The second-order valence-corrected chi connectivity index (χ2v) is 6.75. The molecule has 3 aromatic rings. The number of nitrogens with zero attached hydrogens (tertiary/aromatic N) is 5. The van der Waals surface area contributed by atoms with E-state index < -0.39 is 6.10 Å². The second kappa shape index (κ2) is 7.67. The number of benzene rings is 1. The van der Waals surface area contributed by atoms with Crippen LogP contribution in [0.2, 0.25) is 0 Å². The lowest BCUT2D eigenvalue weighted by Crippen LogP contribution is -2.39. The van der Waals surface area contributed by atoms with Gasteiger partial charge in [0.1, 0.15) is 12.7 Å². The number of piperidine rings is 1. The van der Waals surface area contributed by atoms with Crippen molar-refractivity contribution in [2.45, 2.75) is 18.9 Å². The normalized spacial score (nSPS) is 16.3. The lowest BCUT2D eigenvalue weighted by Gasteiger charge is -2.34. The van der Waals surface area contributed by atoms with Gasteiger partial charge in [0, 0.05) is 30.5 Å². The Morgan fingerprint density at radius 2 is 1.85 bits per heavy atom. The fourth-order valence-corrected chi connectivity index (χ4v) is 3.53. The Balaban J connectivity index is 1.41. The van der Waals surface area contributed by atoms with Gasteiger partial charge < -0.3 is 10.0 Å². The summed E-state index contributed by atoms with van der Waals surface area (Å²) in [6, 6.07) is 13.0. The maximum Gasteiger partial charge on any atom is 0.253 e. The number of amides is 1. The highest BCUT2D eigenvalue weighted by Gasteiger charge is 2.29. The molecule has 1 aliphatic rings. The van der Waals surface area contributed by atoms with Crippen molar-refractivity contribution in [3.8, 4) is 5.69 Å².